The molecule has 0 aromatic carbocycles. The van der Waals surface area contributed by atoms with Crippen LogP contribution in [0, 0.1) is 0 Å². The molecule has 2 heterocycles. The van der Waals surface area contributed by atoms with Crippen molar-refractivity contribution in [3.8, 4) is 0 Å². The third-order valence-electron chi connectivity index (χ3n) is 1.23. The first kappa shape index (κ1) is 5.11. The van der Waals surface area contributed by atoms with Gasteiger partial charge in [0, 0.05) is 6.20 Å². The molecule has 0 aromatic heterocycles. The van der Waals surface area contributed by atoms with Gasteiger partial charge in [-0.25, -0.2) is 0 Å². The molecule has 2 aliphatic heterocycles. The zero-order valence-corrected chi connectivity index (χ0v) is 5.64. The second-order valence-corrected chi connectivity index (χ2v) is 2.71. The summed E-state index contributed by atoms with van der Waals surface area (Å²) in [7, 11) is 0. The molecule has 0 atom stereocenters. The van der Waals surface area contributed by atoms with E-state index in [2.05, 4.69) is 9.30 Å². The van der Waals surface area contributed by atoms with E-state index >= 15 is 0 Å². The molecule has 0 bridgehead atoms. The molecule has 0 amide bonds. The molecule has 0 aliphatic carbocycles. The highest BCUT2D eigenvalue weighted by Crippen LogP contribution is 2.21. The first-order valence-electron chi connectivity index (χ1n) is 2.78. The SMILES string of the molecule is C1=CC2=NCSN2C=C1. The molecule has 0 N–H and O–H groups in total. The zero-order valence-electron chi connectivity index (χ0n) is 4.82. The fraction of sp³-hybridized carbons (Fsp3) is 0.167. The Hall–Kier alpha value is -0.700. The molecule has 2 nitrogen and oxygen atoms in total. The van der Waals surface area contributed by atoms with E-state index in [4.69, 9.17) is 0 Å². The maximum absolute atomic E-state index is 4.23. The number of amidine groups is 1. The summed E-state index contributed by atoms with van der Waals surface area (Å²) in [6.45, 7) is 0. The zero-order chi connectivity index (χ0) is 6.10. The van der Waals surface area contributed by atoms with Crippen molar-refractivity contribution in [2.24, 2.45) is 4.99 Å². The summed E-state index contributed by atoms with van der Waals surface area (Å²) < 4.78 is 2.07. The second-order valence-electron chi connectivity index (χ2n) is 1.80. The molecule has 2 rings (SSSR count). The van der Waals surface area contributed by atoms with Crippen LogP contribution in [0.15, 0.2) is 29.4 Å². The van der Waals surface area contributed by atoms with Crippen LogP contribution in [-0.4, -0.2) is 16.0 Å². The minimum Gasteiger partial charge on any atom is -0.274 e. The van der Waals surface area contributed by atoms with Crippen LogP contribution < -0.4 is 0 Å². The van der Waals surface area contributed by atoms with Gasteiger partial charge in [0.1, 0.15) is 11.7 Å². The van der Waals surface area contributed by atoms with Crippen molar-refractivity contribution >= 4 is 17.8 Å². The normalized spacial score (nSPS) is 22.2. The average molecular weight is 138 g/mol. The van der Waals surface area contributed by atoms with Crippen LogP contribution in [0.2, 0.25) is 0 Å². The van der Waals surface area contributed by atoms with Crippen molar-refractivity contribution in [3.63, 3.8) is 0 Å². The van der Waals surface area contributed by atoms with E-state index in [1.54, 1.807) is 11.9 Å². The molecule has 0 saturated carbocycles. The third kappa shape index (κ3) is 0.772. The van der Waals surface area contributed by atoms with E-state index in [0.29, 0.717) is 0 Å². The number of nitrogens with zero attached hydrogens (tertiary/aromatic N) is 2. The fourth-order valence-corrected chi connectivity index (χ4v) is 1.53. The van der Waals surface area contributed by atoms with Gasteiger partial charge in [0.25, 0.3) is 0 Å². The molecular weight excluding hydrogens is 132 g/mol. The van der Waals surface area contributed by atoms with E-state index < -0.39 is 0 Å². The minimum absolute atomic E-state index is 0.865. The first-order chi connectivity index (χ1) is 4.47. The van der Waals surface area contributed by atoms with Crippen molar-refractivity contribution in [1.82, 2.24) is 4.31 Å². The second kappa shape index (κ2) is 1.92. The Morgan fingerprint density at radius 2 is 2.56 bits per heavy atom. The van der Waals surface area contributed by atoms with Crippen LogP contribution in [0.5, 0.6) is 0 Å². The van der Waals surface area contributed by atoms with E-state index in [1.165, 1.54) is 0 Å². The summed E-state index contributed by atoms with van der Waals surface area (Å²) in [6.07, 6.45) is 8.05. The number of fused-ring (bicyclic) bond motifs is 1. The highest BCUT2D eigenvalue weighted by atomic mass is 32.2. The molecule has 9 heavy (non-hydrogen) atoms. The number of rotatable bonds is 0. The molecule has 0 unspecified atom stereocenters. The average Bonchev–Trinajstić information content (AvgIpc) is 2.33. The summed E-state index contributed by atoms with van der Waals surface area (Å²) in [6, 6.07) is 0. The highest BCUT2D eigenvalue weighted by Gasteiger charge is 2.13. The fourth-order valence-electron chi connectivity index (χ4n) is 0.808. The van der Waals surface area contributed by atoms with Crippen molar-refractivity contribution in [2.45, 2.75) is 0 Å². The lowest BCUT2D eigenvalue weighted by Gasteiger charge is -2.11. The van der Waals surface area contributed by atoms with Crippen molar-refractivity contribution in [2.75, 3.05) is 5.88 Å². The summed E-state index contributed by atoms with van der Waals surface area (Å²) in [5.41, 5.74) is 0. The Balaban J connectivity index is 2.33. The van der Waals surface area contributed by atoms with E-state index in [-0.39, 0.29) is 0 Å². The Morgan fingerprint density at radius 1 is 1.56 bits per heavy atom. The number of hydrogen-bond acceptors (Lipinski definition) is 3. The van der Waals surface area contributed by atoms with Crippen molar-refractivity contribution < 1.29 is 0 Å². The Labute approximate surface area is 58.1 Å². The molecule has 3 heteroatoms. The molecule has 0 fully saturated rings. The summed E-state index contributed by atoms with van der Waals surface area (Å²) in [5, 5.41) is 0. The molecule has 0 radical (unpaired) electrons. The van der Waals surface area contributed by atoms with Gasteiger partial charge in [0.2, 0.25) is 0 Å². The summed E-state index contributed by atoms with van der Waals surface area (Å²) in [5.74, 6) is 1.94. The molecular formula is C6H6N2S. The van der Waals surface area contributed by atoms with Gasteiger partial charge in [-0.3, -0.25) is 9.30 Å². The van der Waals surface area contributed by atoms with Crippen LogP contribution in [-0.2, 0) is 0 Å². The Kier molecular flexibility index (Phi) is 1.09. The van der Waals surface area contributed by atoms with Crippen molar-refractivity contribution in [1.29, 1.82) is 0 Å². The topological polar surface area (TPSA) is 15.6 Å². The Bertz CT molecular complexity index is 202. The molecule has 0 aromatic rings. The van der Waals surface area contributed by atoms with Gasteiger partial charge in [0.15, 0.2) is 0 Å². The van der Waals surface area contributed by atoms with Crippen LogP contribution in [0.25, 0.3) is 0 Å². The van der Waals surface area contributed by atoms with Crippen molar-refractivity contribution in [3.05, 3.63) is 24.4 Å². The number of hydrogen-bond donors (Lipinski definition) is 0. The van der Waals surface area contributed by atoms with Gasteiger partial charge in [-0.15, -0.1) is 0 Å². The Morgan fingerprint density at radius 3 is 3.44 bits per heavy atom. The molecule has 0 saturated heterocycles. The van der Waals surface area contributed by atoms with Crippen LogP contribution in [0.3, 0.4) is 0 Å². The third-order valence-corrected chi connectivity index (χ3v) is 2.06. The van der Waals surface area contributed by atoms with E-state index in [9.17, 15) is 0 Å². The monoisotopic (exact) mass is 138 g/mol. The highest BCUT2D eigenvalue weighted by molar-refractivity contribution is 7.97. The van der Waals surface area contributed by atoms with Gasteiger partial charge in [-0.2, -0.15) is 0 Å². The van der Waals surface area contributed by atoms with Crippen LogP contribution >= 0.6 is 11.9 Å². The number of allylic oxidation sites excluding steroid dienone is 2. The van der Waals surface area contributed by atoms with Gasteiger partial charge in [-0.1, -0.05) is 6.08 Å². The predicted molar refractivity (Wildman–Crippen MR) is 40.0 cm³/mol. The van der Waals surface area contributed by atoms with E-state index in [0.717, 1.165) is 11.7 Å². The molecule has 46 valence electrons. The smallest absolute Gasteiger partial charge is 0.138 e. The van der Waals surface area contributed by atoms with Gasteiger partial charge in [0.05, 0.1) is 0 Å². The quantitative estimate of drug-likeness (QED) is 0.470. The molecule has 2 aliphatic rings. The van der Waals surface area contributed by atoms with Crippen LogP contribution in [0.4, 0.5) is 0 Å². The predicted octanol–water partition coefficient (Wildman–Crippen LogP) is 1.39. The minimum atomic E-state index is 0.865. The van der Waals surface area contributed by atoms with Gasteiger partial charge in [-0.05, 0) is 24.1 Å². The lowest BCUT2D eigenvalue weighted by molar-refractivity contribution is 0.947. The van der Waals surface area contributed by atoms with E-state index in [1.807, 2.05) is 24.4 Å². The largest absolute Gasteiger partial charge is 0.274 e. The van der Waals surface area contributed by atoms with Gasteiger partial charge >= 0.3 is 0 Å². The summed E-state index contributed by atoms with van der Waals surface area (Å²) in [4.78, 5) is 4.23. The maximum atomic E-state index is 4.23. The van der Waals surface area contributed by atoms with Gasteiger partial charge < -0.3 is 0 Å². The van der Waals surface area contributed by atoms with Crippen LogP contribution in [0.1, 0.15) is 0 Å². The standard InChI is InChI=1S/C6H6N2S/c1-2-4-8-6(3-1)7-5-9-8/h1-4H,5H2. The maximum Gasteiger partial charge on any atom is 0.138 e. The molecule has 0 spiro atoms. The number of aliphatic imine (C=N–C) groups is 1. The first-order valence-corrected chi connectivity index (χ1v) is 3.72. The lowest BCUT2D eigenvalue weighted by Crippen LogP contribution is -2.12. The summed E-state index contributed by atoms with van der Waals surface area (Å²) >= 11 is 1.72. The lowest BCUT2D eigenvalue weighted by atomic mass is 10.4.